The molecule has 0 aliphatic heterocycles. The Kier molecular flexibility index (Phi) is 5.15. The van der Waals surface area contributed by atoms with Crippen LogP contribution in [0.15, 0.2) is 30.5 Å². The minimum atomic E-state index is -0.818. The van der Waals surface area contributed by atoms with Gasteiger partial charge in [0.15, 0.2) is 0 Å². The van der Waals surface area contributed by atoms with Crippen molar-refractivity contribution in [3.8, 4) is 0 Å². The summed E-state index contributed by atoms with van der Waals surface area (Å²) in [5, 5.41) is 10.6. The molecule has 2 rings (SSSR count). The van der Waals surface area contributed by atoms with Crippen LogP contribution in [-0.2, 0) is 11.3 Å². The summed E-state index contributed by atoms with van der Waals surface area (Å²) in [6.45, 7) is 5.45. The molecule has 1 heterocycles. The fourth-order valence-electron chi connectivity index (χ4n) is 2.46. The molecule has 0 bridgehead atoms. The highest BCUT2D eigenvalue weighted by atomic mass is 35.5. The van der Waals surface area contributed by atoms with Crippen molar-refractivity contribution >= 4 is 28.5 Å². The van der Waals surface area contributed by atoms with Crippen molar-refractivity contribution in [1.29, 1.82) is 0 Å². The summed E-state index contributed by atoms with van der Waals surface area (Å²) in [4.78, 5) is 17.3. The summed E-state index contributed by atoms with van der Waals surface area (Å²) in [6, 6.07) is 7.54. The van der Waals surface area contributed by atoms with Crippen LogP contribution < -0.4 is 0 Å². The van der Waals surface area contributed by atoms with Crippen molar-refractivity contribution in [2.45, 2.75) is 20.4 Å². The van der Waals surface area contributed by atoms with E-state index in [0.717, 1.165) is 23.0 Å². The van der Waals surface area contributed by atoms with Gasteiger partial charge in [0.25, 0.3) is 0 Å². The quantitative estimate of drug-likeness (QED) is 0.888. The smallest absolute Gasteiger partial charge is 0.317 e. The molecule has 2 aromatic rings. The van der Waals surface area contributed by atoms with Gasteiger partial charge >= 0.3 is 5.97 Å². The summed E-state index contributed by atoms with van der Waals surface area (Å²) in [7, 11) is 0. The number of carboxylic acid groups (broad SMARTS) is 1. The van der Waals surface area contributed by atoms with Gasteiger partial charge in [0, 0.05) is 29.7 Å². The van der Waals surface area contributed by atoms with E-state index < -0.39 is 5.97 Å². The monoisotopic (exact) mass is 306 g/mol. The largest absolute Gasteiger partial charge is 0.480 e. The number of nitrogens with zero attached hydrogens (tertiary/aromatic N) is 2. The van der Waals surface area contributed by atoms with Gasteiger partial charge in [-0.3, -0.25) is 14.7 Å². The van der Waals surface area contributed by atoms with E-state index in [4.69, 9.17) is 16.7 Å². The highest BCUT2D eigenvalue weighted by Crippen LogP contribution is 2.25. The molecular weight excluding hydrogens is 288 g/mol. The minimum absolute atomic E-state index is 0.0229. The molecule has 1 N–H and O–H groups in total. The van der Waals surface area contributed by atoms with Crippen LogP contribution in [0.1, 0.15) is 19.4 Å². The summed E-state index contributed by atoms with van der Waals surface area (Å²) in [6.07, 6.45) is 1.73. The lowest BCUT2D eigenvalue weighted by Crippen LogP contribution is -2.32. The average Bonchev–Trinajstić information content (AvgIpc) is 2.41. The van der Waals surface area contributed by atoms with E-state index in [0.29, 0.717) is 17.5 Å². The third-order valence-corrected chi connectivity index (χ3v) is 3.51. The van der Waals surface area contributed by atoms with Crippen LogP contribution in [0.5, 0.6) is 0 Å². The zero-order chi connectivity index (χ0) is 15.4. The molecule has 112 valence electrons. The third kappa shape index (κ3) is 4.16. The molecule has 1 aromatic carbocycles. The first-order valence-corrected chi connectivity index (χ1v) is 7.31. The van der Waals surface area contributed by atoms with Gasteiger partial charge in [0.1, 0.15) is 0 Å². The zero-order valence-corrected chi connectivity index (χ0v) is 13.0. The van der Waals surface area contributed by atoms with Crippen LogP contribution in [0.3, 0.4) is 0 Å². The Balaban J connectivity index is 2.32. The second kappa shape index (κ2) is 6.87. The van der Waals surface area contributed by atoms with Crippen molar-refractivity contribution in [2.75, 3.05) is 13.1 Å². The van der Waals surface area contributed by atoms with Crippen molar-refractivity contribution < 1.29 is 9.90 Å². The highest BCUT2D eigenvalue weighted by molar-refractivity contribution is 6.35. The van der Waals surface area contributed by atoms with E-state index in [-0.39, 0.29) is 6.54 Å². The van der Waals surface area contributed by atoms with E-state index in [9.17, 15) is 4.79 Å². The molecule has 0 amide bonds. The number of carboxylic acids is 1. The van der Waals surface area contributed by atoms with Crippen LogP contribution in [-0.4, -0.2) is 34.0 Å². The number of hydrogen-bond donors (Lipinski definition) is 1. The van der Waals surface area contributed by atoms with Crippen molar-refractivity contribution in [2.24, 2.45) is 5.92 Å². The van der Waals surface area contributed by atoms with Gasteiger partial charge in [-0.2, -0.15) is 0 Å². The first kappa shape index (κ1) is 15.7. The standard InChI is InChI=1S/C16H19ClN2O2/c1-11(2)8-19(10-15(20)21)9-12-5-6-14(17)13-4-3-7-18-16(12)13/h3-7,11H,8-10H2,1-2H3,(H,20,21). The number of hydrogen-bond acceptors (Lipinski definition) is 3. The molecule has 0 aliphatic rings. The number of aliphatic carboxylic acids is 1. The molecule has 0 aliphatic carbocycles. The number of aromatic nitrogens is 1. The predicted octanol–water partition coefficient (Wildman–Crippen LogP) is 3.43. The second-order valence-electron chi connectivity index (χ2n) is 5.56. The molecule has 0 radical (unpaired) electrons. The van der Waals surface area contributed by atoms with Gasteiger partial charge < -0.3 is 5.11 Å². The number of carbonyl (C=O) groups is 1. The van der Waals surface area contributed by atoms with Gasteiger partial charge in [-0.1, -0.05) is 31.5 Å². The average molecular weight is 307 g/mol. The lowest BCUT2D eigenvalue weighted by molar-refractivity contribution is -0.138. The molecule has 0 spiro atoms. The van der Waals surface area contributed by atoms with Crippen LogP contribution in [0, 0.1) is 5.92 Å². The van der Waals surface area contributed by atoms with E-state index >= 15 is 0 Å². The maximum Gasteiger partial charge on any atom is 0.317 e. The van der Waals surface area contributed by atoms with E-state index in [2.05, 4.69) is 18.8 Å². The molecule has 0 saturated heterocycles. The second-order valence-corrected chi connectivity index (χ2v) is 5.97. The van der Waals surface area contributed by atoms with E-state index in [1.807, 2.05) is 29.2 Å². The summed E-state index contributed by atoms with van der Waals surface area (Å²) in [5.74, 6) is -0.419. The van der Waals surface area contributed by atoms with Crippen LogP contribution >= 0.6 is 11.6 Å². The van der Waals surface area contributed by atoms with Gasteiger partial charge in [-0.25, -0.2) is 0 Å². The maximum atomic E-state index is 11.0. The minimum Gasteiger partial charge on any atom is -0.480 e. The van der Waals surface area contributed by atoms with Gasteiger partial charge in [0.2, 0.25) is 0 Å². The fraction of sp³-hybridized carbons (Fsp3) is 0.375. The maximum absolute atomic E-state index is 11.0. The van der Waals surface area contributed by atoms with Crippen LogP contribution in [0.25, 0.3) is 10.9 Å². The Bertz CT molecular complexity index is 643. The molecule has 4 nitrogen and oxygen atoms in total. The number of benzene rings is 1. The van der Waals surface area contributed by atoms with Crippen LogP contribution in [0.2, 0.25) is 5.02 Å². The molecule has 0 atom stereocenters. The van der Waals surface area contributed by atoms with Gasteiger partial charge in [-0.15, -0.1) is 0 Å². The normalized spacial score (nSPS) is 11.5. The van der Waals surface area contributed by atoms with Crippen molar-refractivity contribution in [3.63, 3.8) is 0 Å². The van der Waals surface area contributed by atoms with E-state index in [1.54, 1.807) is 6.20 Å². The summed E-state index contributed by atoms with van der Waals surface area (Å²) < 4.78 is 0. The first-order valence-electron chi connectivity index (χ1n) is 6.93. The zero-order valence-electron chi connectivity index (χ0n) is 12.2. The summed E-state index contributed by atoms with van der Waals surface area (Å²) in [5.41, 5.74) is 1.83. The molecule has 21 heavy (non-hydrogen) atoms. The van der Waals surface area contributed by atoms with Crippen molar-refractivity contribution in [3.05, 3.63) is 41.0 Å². The van der Waals surface area contributed by atoms with Gasteiger partial charge in [-0.05, 0) is 29.7 Å². The number of halogens is 1. The van der Waals surface area contributed by atoms with Crippen LogP contribution in [0.4, 0.5) is 0 Å². The fourth-order valence-corrected chi connectivity index (χ4v) is 2.67. The Morgan fingerprint density at radius 1 is 1.38 bits per heavy atom. The highest BCUT2D eigenvalue weighted by Gasteiger charge is 2.14. The molecule has 0 unspecified atom stereocenters. The molecule has 0 fully saturated rings. The van der Waals surface area contributed by atoms with Gasteiger partial charge in [0.05, 0.1) is 12.1 Å². The Morgan fingerprint density at radius 3 is 2.81 bits per heavy atom. The Hall–Kier alpha value is -1.65. The Morgan fingerprint density at radius 2 is 2.14 bits per heavy atom. The molecular formula is C16H19ClN2O2. The molecule has 0 saturated carbocycles. The number of fused-ring (bicyclic) bond motifs is 1. The van der Waals surface area contributed by atoms with Crippen molar-refractivity contribution in [1.82, 2.24) is 9.88 Å². The van der Waals surface area contributed by atoms with E-state index in [1.165, 1.54) is 0 Å². The predicted molar refractivity (Wildman–Crippen MR) is 84.5 cm³/mol. The lowest BCUT2D eigenvalue weighted by atomic mass is 10.1. The lowest BCUT2D eigenvalue weighted by Gasteiger charge is -2.23. The SMILES string of the molecule is CC(C)CN(CC(=O)O)Cc1ccc(Cl)c2cccnc12. The topological polar surface area (TPSA) is 53.4 Å². The summed E-state index contributed by atoms with van der Waals surface area (Å²) >= 11 is 6.19. The first-order chi connectivity index (χ1) is 9.97. The number of pyridine rings is 1. The third-order valence-electron chi connectivity index (χ3n) is 3.18. The Labute approximate surface area is 129 Å². The molecule has 5 heteroatoms. The number of rotatable bonds is 6. The molecule has 1 aromatic heterocycles.